The molecule has 0 saturated carbocycles. The van der Waals surface area contributed by atoms with Gasteiger partial charge in [0.15, 0.2) is 0 Å². The zero-order valence-electron chi connectivity index (χ0n) is 33.1. The number of fused-ring (bicyclic) bond motifs is 9. The van der Waals surface area contributed by atoms with Crippen LogP contribution in [0.1, 0.15) is 0 Å². The van der Waals surface area contributed by atoms with Crippen LogP contribution < -0.4 is 4.90 Å². The Morgan fingerprint density at radius 3 is 1.77 bits per heavy atom. The molecular formula is C58H36N2O. The summed E-state index contributed by atoms with van der Waals surface area (Å²) >= 11 is 0. The number of hydrogen-bond donors (Lipinski definition) is 0. The average molecular weight is 777 g/mol. The molecule has 10 aromatic carbocycles. The Hall–Kier alpha value is -8.14. The Bertz CT molecular complexity index is 3680. The van der Waals surface area contributed by atoms with Gasteiger partial charge in [0, 0.05) is 50.0 Å². The summed E-state index contributed by atoms with van der Waals surface area (Å²) in [6.45, 7) is 0. The second-order valence-corrected chi connectivity index (χ2v) is 16.1. The van der Waals surface area contributed by atoms with Crippen molar-refractivity contribution in [3.05, 3.63) is 218 Å². The first-order valence-corrected chi connectivity index (χ1v) is 20.9. The molecule has 0 amide bonds. The van der Waals surface area contributed by atoms with E-state index in [0.29, 0.717) is 0 Å². The number of rotatable bonds is 6. The van der Waals surface area contributed by atoms with Gasteiger partial charge in [-0.1, -0.05) is 146 Å². The molecule has 0 aliphatic heterocycles. The van der Waals surface area contributed by atoms with Crippen molar-refractivity contribution in [1.29, 1.82) is 0 Å². The molecule has 0 saturated heterocycles. The lowest BCUT2D eigenvalue weighted by molar-refractivity contribution is 0.669. The van der Waals surface area contributed by atoms with E-state index >= 15 is 0 Å². The quantitative estimate of drug-likeness (QED) is 0.168. The first-order chi connectivity index (χ1) is 30.2. The molecule has 2 aromatic heterocycles. The van der Waals surface area contributed by atoms with E-state index in [9.17, 15) is 0 Å². The van der Waals surface area contributed by atoms with E-state index in [2.05, 4.69) is 216 Å². The molecule has 0 atom stereocenters. The molecule has 3 heteroatoms. The van der Waals surface area contributed by atoms with Crippen molar-refractivity contribution >= 4 is 71.4 Å². The van der Waals surface area contributed by atoms with Gasteiger partial charge in [0.1, 0.15) is 11.2 Å². The molecular weight excluding hydrogens is 741 g/mol. The van der Waals surface area contributed by atoms with Crippen LogP contribution in [0.2, 0.25) is 0 Å². The molecule has 0 fully saturated rings. The second-order valence-electron chi connectivity index (χ2n) is 16.1. The van der Waals surface area contributed by atoms with Crippen molar-refractivity contribution in [1.82, 2.24) is 4.57 Å². The monoisotopic (exact) mass is 776 g/mol. The highest BCUT2D eigenvalue weighted by Gasteiger charge is 2.30. The number of para-hydroxylation sites is 2. The van der Waals surface area contributed by atoms with Crippen LogP contribution in [0.15, 0.2) is 223 Å². The molecule has 0 radical (unpaired) electrons. The Balaban J connectivity index is 0.989. The highest BCUT2D eigenvalue weighted by atomic mass is 16.3. The molecule has 1 aliphatic carbocycles. The van der Waals surface area contributed by atoms with Gasteiger partial charge in [-0.05, 0) is 122 Å². The van der Waals surface area contributed by atoms with Crippen LogP contribution in [-0.2, 0) is 0 Å². The topological polar surface area (TPSA) is 21.3 Å². The van der Waals surface area contributed by atoms with Crippen molar-refractivity contribution in [2.24, 2.45) is 0 Å². The summed E-state index contributed by atoms with van der Waals surface area (Å²) in [6, 6.07) is 79.3. The third-order valence-electron chi connectivity index (χ3n) is 12.7. The number of anilines is 3. The van der Waals surface area contributed by atoms with Crippen molar-refractivity contribution in [2.45, 2.75) is 0 Å². The number of furan rings is 1. The maximum atomic E-state index is 6.16. The number of hydrogen-bond acceptors (Lipinski definition) is 2. The van der Waals surface area contributed by atoms with E-state index < -0.39 is 0 Å². The molecule has 61 heavy (non-hydrogen) atoms. The molecule has 3 nitrogen and oxygen atoms in total. The lowest BCUT2D eigenvalue weighted by Gasteiger charge is -2.26. The molecule has 284 valence electrons. The third kappa shape index (κ3) is 5.17. The second kappa shape index (κ2) is 13.2. The summed E-state index contributed by atoms with van der Waals surface area (Å²) in [6.07, 6.45) is 0. The minimum Gasteiger partial charge on any atom is -0.456 e. The molecule has 12 aromatic rings. The molecule has 13 rings (SSSR count). The normalized spacial score (nSPS) is 11.9. The van der Waals surface area contributed by atoms with Gasteiger partial charge in [-0.15, -0.1) is 0 Å². The van der Waals surface area contributed by atoms with Crippen LogP contribution in [0, 0.1) is 0 Å². The summed E-state index contributed by atoms with van der Waals surface area (Å²) < 4.78 is 8.62. The summed E-state index contributed by atoms with van der Waals surface area (Å²) in [7, 11) is 0. The number of benzene rings is 10. The first-order valence-electron chi connectivity index (χ1n) is 20.9. The van der Waals surface area contributed by atoms with Crippen LogP contribution in [0.25, 0.3) is 105 Å². The lowest BCUT2D eigenvalue weighted by Crippen LogP contribution is -2.10. The number of aromatic nitrogens is 1. The lowest BCUT2D eigenvalue weighted by atomic mass is 9.98. The fourth-order valence-corrected chi connectivity index (χ4v) is 9.96. The van der Waals surface area contributed by atoms with Gasteiger partial charge in [-0.2, -0.15) is 0 Å². The Kier molecular flexibility index (Phi) is 7.31. The summed E-state index contributed by atoms with van der Waals surface area (Å²) in [5.74, 6) is 0. The zero-order chi connectivity index (χ0) is 40.0. The van der Waals surface area contributed by atoms with Gasteiger partial charge in [-0.3, -0.25) is 0 Å². The van der Waals surface area contributed by atoms with Crippen molar-refractivity contribution in [3.63, 3.8) is 0 Å². The Labute approximate surface area is 352 Å². The molecule has 0 spiro atoms. The minimum absolute atomic E-state index is 0.905. The molecule has 0 unspecified atom stereocenters. The van der Waals surface area contributed by atoms with E-state index in [1.54, 1.807) is 0 Å². The third-order valence-corrected chi connectivity index (χ3v) is 12.7. The van der Waals surface area contributed by atoms with Gasteiger partial charge in [-0.25, -0.2) is 0 Å². The molecule has 2 heterocycles. The smallest absolute Gasteiger partial charge is 0.135 e. The van der Waals surface area contributed by atoms with E-state index in [4.69, 9.17) is 4.42 Å². The predicted molar refractivity (Wildman–Crippen MR) is 256 cm³/mol. The number of nitrogens with zero attached hydrogens (tertiary/aromatic N) is 2. The van der Waals surface area contributed by atoms with Gasteiger partial charge in [0.25, 0.3) is 0 Å². The van der Waals surface area contributed by atoms with Gasteiger partial charge in [0.2, 0.25) is 0 Å². The molecule has 0 bridgehead atoms. The summed E-state index contributed by atoms with van der Waals surface area (Å²) in [4.78, 5) is 2.40. The van der Waals surface area contributed by atoms with Crippen molar-refractivity contribution < 1.29 is 4.42 Å². The fourth-order valence-electron chi connectivity index (χ4n) is 9.96. The summed E-state index contributed by atoms with van der Waals surface area (Å²) in [5.41, 5.74) is 17.3. The maximum Gasteiger partial charge on any atom is 0.135 e. The van der Waals surface area contributed by atoms with Crippen molar-refractivity contribution in [3.8, 4) is 50.3 Å². The van der Waals surface area contributed by atoms with Gasteiger partial charge >= 0.3 is 0 Å². The maximum absolute atomic E-state index is 6.16. The van der Waals surface area contributed by atoms with Crippen molar-refractivity contribution in [2.75, 3.05) is 4.90 Å². The SMILES string of the molecule is c1ccc(-n2c3c(c4cc(N(c5ccc(-c6ccc7oc8ccccc8c7c6)cc5)c5ccc(-c6cccc7ccccc67)cc5)ccc42)-c2cccc4cccc-3c24)cc1. The van der Waals surface area contributed by atoms with Crippen LogP contribution >= 0.6 is 0 Å². The highest BCUT2D eigenvalue weighted by Crippen LogP contribution is 2.53. The Morgan fingerprint density at radius 2 is 0.967 bits per heavy atom. The summed E-state index contributed by atoms with van der Waals surface area (Å²) in [5, 5.41) is 8.59. The predicted octanol–water partition coefficient (Wildman–Crippen LogP) is 16.3. The van der Waals surface area contributed by atoms with Crippen LogP contribution in [-0.4, -0.2) is 4.57 Å². The highest BCUT2D eigenvalue weighted by molar-refractivity contribution is 6.22. The van der Waals surface area contributed by atoms with Crippen LogP contribution in [0.5, 0.6) is 0 Å². The minimum atomic E-state index is 0.905. The average Bonchev–Trinajstić information content (AvgIpc) is 3.98. The molecule has 0 N–H and O–H groups in total. The largest absolute Gasteiger partial charge is 0.456 e. The fraction of sp³-hybridized carbons (Fsp3) is 0. The molecule has 1 aliphatic rings. The van der Waals surface area contributed by atoms with Gasteiger partial charge in [0.05, 0.1) is 11.2 Å². The van der Waals surface area contributed by atoms with Crippen LogP contribution in [0.3, 0.4) is 0 Å². The standard InChI is InChI=1S/C58H36N2O/c1-2-15-42(16-3-1)60-53-33-32-45(36-52(53)57-49-20-9-13-40-14-10-21-50(56(40)49)58(57)60)59(44-30-25-39(26-31-44)47-19-8-12-38-11-4-5-17-46(38)47)43-28-23-37(24-29-43)41-27-34-55-51(35-41)48-18-6-7-22-54(48)61-55/h1-36H. The van der Waals surface area contributed by atoms with Gasteiger partial charge < -0.3 is 13.9 Å². The van der Waals surface area contributed by atoms with E-state index in [0.717, 1.165) is 55.8 Å². The van der Waals surface area contributed by atoms with E-state index in [-0.39, 0.29) is 0 Å². The Morgan fingerprint density at radius 1 is 0.361 bits per heavy atom. The first kappa shape index (κ1) is 33.8. The van der Waals surface area contributed by atoms with Crippen LogP contribution in [0.4, 0.5) is 17.1 Å². The zero-order valence-corrected chi connectivity index (χ0v) is 33.1. The van der Waals surface area contributed by atoms with E-state index in [1.807, 2.05) is 12.1 Å². The van der Waals surface area contributed by atoms with E-state index in [1.165, 1.54) is 66.0 Å².